The van der Waals surface area contributed by atoms with Gasteiger partial charge in [-0.2, -0.15) is 0 Å². The van der Waals surface area contributed by atoms with Crippen LogP contribution in [0.4, 0.5) is 4.79 Å². The first kappa shape index (κ1) is 17.7. The van der Waals surface area contributed by atoms with Crippen LogP contribution in [0.1, 0.15) is 31.0 Å². The third-order valence-electron chi connectivity index (χ3n) is 4.60. The Kier molecular flexibility index (Phi) is 4.75. The predicted molar refractivity (Wildman–Crippen MR) is 97.0 cm³/mol. The Morgan fingerprint density at radius 2 is 1.65 bits per heavy atom. The summed E-state index contributed by atoms with van der Waals surface area (Å²) in [5.74, 6) is -0.821. The van der Waals surface area contributed by atoms with Crippen molar-refractivity contribution in [3.05, 3.63) is 71.8 Å². The minimum absolute atomic E-state index is 0.218. The molecule has 2 N–H and O–H groups in total. The van der Waals surface area contributed by atoms with E-state index in [0.717, 1.165) is 10.5 Å². The van der Waals surface area contributed by atoms with E-state index >= 15 is 0 Å². The fraction of sp³-hybridized carbons (Fsp3) is 0.250. The molecular weight excluding hydrogens is 330 g/mol. The van der Waals surface area contributed by atoms with Crippen molar-refractivity contribution >= 4 is 17.8 Å². The van der Waals surface area contributed by atoms with E-state index in [4.69, 9.17) is 0 Å². The molecule has 0 spiro atoms. The van der Waals surface area contributed by atoms with Crippen molar-refractivity contribution in [1.82, 2.24) is 15.5 Å². The van der Waals surface area contributed by atoms with Crippen LogP contribution in [0.25, 0.3) is 0 Å². The van der Waals surface area contributed by atoms with Gasteiger partial charge in [0.15, 0.2) is 0 Å². The summed E-state index contributed by atoms with van der Waals surface area (Å²) in [6.07, 6.45) is 0. The maximum Gasteiger partial charge on any atom is 0.325 e. The van der Waals surface area contributed by atoms with Crippen molar-refractivity contribution in [2.24, 2.45) is 0 Å². The minimum atomic E-state index is -1.16. The van der Waals surface area contributed by atoms with Crippen LogP contribution in [-0.2, 0) is 15.1 Å². The van der Waals surface area contributed by atoms with Crippen LogP contribution in [0, 0.1) is 0 Å². The van der Waals surface area contributed by atoms with Gasteiger partial charge < -0.3 is 10.6 Å². The van der Waals surface area contributed by atoms with Crippen LogP contribution >= 0.6 is 0 Å². The molecule has 6 heteroatoms. The fourth-order valence-corrected chi connectivity index (χ4v) is 3.06. The van der Waals surface area contributed by atoms with Gasteiger partial charge in [-0.15, -0.1) is 0 Å². The number of carbonyl (C=O) groups is 3. The molecule has 0 bridgehead atoms. The zero-order valence-electron chi connectivity index (χ0n) is 14.7. The van der Waals surface area contributed by atoms with E-state index in [2.05, 4.69) is 10.6 Å². The maximum absolute atomic E-state index is 12.8. The topological polar surface area (TPSA) is 78.5 Å². The van der Waals surface area contributed by atoms with Crippen molar-refractivity contribution in [3.63, 3.8) is 0 Å². The summed E-state index contributed by atoms with van der Waals surface area (Å²) in [7, 11) is 0. The molecular formula is C20H21N3O3. The Morgan fingerprint density at radius 3 is 2.27 bits per heavy atom. The SMILES string of the molecule is CC(NC(=O)CN1C(=O)NC(C)(c2ccccc2)C1=O)c1ccccc1. The van der Waals surface area contributed by atoms with Gasteiger partial charge in [-0.3, -0.25) is 14.5 Å². The van der Waals surface area contributed by atoms with Crippen molar-refractivity contribution < 1.29 is 14.4 Å². The van der Waals surface area contributed by atoms with Gasteiger partial charge in [0.25, 0.3) is 5.91 Å². The molecule has 0 saturated carbocycles. The maximum atomic E-state index is 12.8. The highest BCUT2D eigenvalue weighted by Gasteiger charge is 2.49. The zero-order chi connectivity index (χ0) is 18.7. The van der Waals surface area contributed by atoms with Gasteiger partial charge in [0.05, 0.1) is 6.04 Å². The van der Waals surface area contributed by atoms with Crippen molar-refractivity contribution in [2.45, 2.75) is 25.4 Å². The molecule has 1 saturated heterocycles. The highest BCUT2D eigenvalue weighted by Crippen LogP contribution is 2.28. The highest BCUT2D eigenvalue weighted by atomic mass is 16.2. The van der Waals surface area contributed by atoms with Crippen molar-refractivity contribution in [1.29, 1.82) is 0 Å². The number of hydrogen-bond acceptors (Lipinski definition) is 3. The van der Waals surface area contributed by atoms with Crippen LogP contribution in [0.3, 0.4) is 0 Å². The molecule has 0 radical (unpaired) electrons. The second-order valence-corrected chi connectivity index (χ2v) is 6.51. The van der Waals surface area contributed by atoms with Gasteiger partial charge in [-0.1, -0.05) is 60.7 Å². The van der Waals surface area contributed by atoms with Gasteiger partial charge in [0, 0.05) is 0 Å². The Bertz CT molecular complexity index is 823. The third kappa shape index (κ3) is 3.31. The summed E-state index contributed by atoms with van der Waals surface area (Å²) in [5, 5.41) is 5.51. The van der Waals surface area contributed by atoms with Crippen molar-refractivity contribution in [2.75, 3.05) is 6.54 Å². The second-order valence-electron chi connectivity index (χ2n) is 6.51. The lowest BCUT2D eigenvalue weighted by Gasteiger charge is -2.22. The summed E-state index contributed by atoms with van der Waals surface area (Å²) in [6, 6.07) is 17.7. The fourth-order valence-electron chi connectivity index (χ4n) is 3.06. The smallest absolute Gasteiger partial charge is 0.325 e. The Balaban J connectivity index is 1.69. The molecule has 1 fully saturated rings. The summed E-state index contributed by atoms with van der Waals surface area (Å²) in [6.45, 7) is 3.19. The van der Waals surface area contributed by atoms with Gasteiger partial charge in [-0.05, 0) is 25.0 Å². The van der Waals surface area contributed by atoms with Crippen LogP contribution in [0.2, 0.25) is 0 Å². The number of imide groups is 1. The zero-order valence-corrected chi connectivity index (χ0v) is 14.7. The Hall–Kier alpha value is -3.15. The Morgan fingerprint density at radius 1 is 1.08 bits per heavy atom. The third-order valence-corrected chi connectivity index (χ3v) is 4.60. The van der Waals surface area contributed by atoms with Crippen LogP contribution < -0.4 is 10.6 Å². The van der Waals surface area contributed by atoms with E-state index in [1.54, 1.807) is 31.2 Å². The second kappa shape index (κ2) is 7.00. The number of nitrogens with one attached hydrogen (secondary N) is 2. The lowest BCUT2D eigenvalue weighted by atomic mass is 9.92. The molecule has 3 rings (SSSR count). The molecule has 2 atom stereocenters. The summed E-state index contributed by atoms with van der Waals surface area (Å²) >= 11 is 0. The Labute approximate surface area is 152 Å². The number of urea groups is 1. The van der Waals surface area contributed by atoms with E-state index in [0.29, 0.717) is 5.56 Å². The van der Waals surface area contributed by atoms with Gasteiger partial charge in [-0.25, -0.2) is 4.79 Å². The average Bonchev–Trinajstić information content (AvgIpc) is 2.87. The molecule has 134 valence electrons. The van der Waals surface area contributed by atoms with E-state index in [1.165, 1.54) is 0 Å². The minimum Gasteiger partial charge on any atom is -0.348 e. The molecule has 0 aliphatic carbocycles. The van der Waals surface area contributed by atoms with E-state index in [-0.39, 0.29) is 18.5 Å². The first-order valence-electron chi connectivity index (χ1n) is 8.46. The quantitative estimate of drug-likeness (QED) is 0.812. The van der Waals surface area contributed by atoms with E-state index < -0.39 is 17.5 Å². The molecule has 4 amide bonds. The van der Waals surface area contributed by atoms with Crippen LogP contribution in [0.5, 0.6) is 0 Å². The largest absolute Gasteiger partial charge is 0.348 e. The monoisotopic (exact) mass is 351 g/mol. The van der Waals surface area contributed by atoms with Crippen LogP contribution in [0.15, 0.2) is 60.7 Å². The molecule has 1 aliphatic heterocycles. The number of carbonyl (C=O) groups excluding carboxylic acids is 3. The summed E-state index contributed by atoms with van der Waals surface area (Å²) in [5.41, 5.74) is 0.468. The summed E-state index contributed by atoms with van der Waals surface area (Å²) < 4.78 is 0. The van der Waals surface area contributed by atoms with Gasteiger partial charge >= 0.3 is 6.03 Å². The molecule has 2 aromatic carbocycles. The lowest BCUT2D eigenvalue weighted by molar-refractivity contribution is -0.135. The number of amides is 4. The molecule has 2 aromatic rings. The first-order chi connectivity index (χ1) is 12.4. The van der Waals surface area contributed by atoms with E-state index in [9.17, 15) is 14.4 Å². The molecule has 6 nitrogen and oxygen atoms in total. The molecule has 26 heavy (non-hydrogen) atoms. The number of benzene rings is 2. The van der Waals surface area contributed by atoms with Gasteiger partial charge in [0.2, 0.25) is 5.91 Å². The standard InChI is InChI=1S/C20H21N3O3/c1-14(15-9-5-3-6-10-15)21-17(24)13-23-18(25)20(2,22-19(23)26)16-11-7-4-8-12-16/h3-12,14H,13H2,1-2H3,(H,21,24)(H,22,26). The number of nitrogens with zero attached hydrogens (tertiary/aromatic N) is 1. The summed E-state index contributed by atoms with van der Waals surface area (Å²) in [4.78, 5) is 38.4. The van der Waals surface area contributed by atoms with E-state index in [1.807, 2.05) is 43.3 Å². The average molecular weight is 351 g/mol. The molecule has 2 unspecified atom stereocenters. The first-order valence-corrected chi connectivity index (χ1v) is 8.46. The normalized spacial score (nSPS) is 20.6. The lowest BCUT2D eigenvalue weighted by Crippen LogP contribution is -2.43. The van der Waals surface area contributed by atoms with Crippen molar-refractivity contribution in [3.8, 4) is 0 Å². The number of hydrogen-bond donors (Lipinski definition) is 2. The number of rotatable bonds is 5. The molecule has 1 heterocycles. The van der Waals surface area contributed by atoms with Crippen LogP contribution in [-0.4, -0.2) is 29.3 Å². The molecule has 1 aliphatic rings. The molecule has 0 aromatic heterocycles. The van der Waals surface area contributed by atoms with Gasteiger partial charge in [0.1, 0.15) is 12.1 Å². The highest BCUT2D eigenvalue weighted by molar-refractivity contribution is 6.09. The predicted octanol–water partition coefficient (Wildman–Crippen LogP) is 2.33.